The molecule has 0 aromatic carbocycles. The summed E-state index contributed by atoms with van der Waals surface area (Å²) in [6.45, 7) is 14.1. The van der Waals surface area contributed by atoms with E-state index in [0.717, 1.165) is 11.7 Å². The second-order valence-corrected chi connectivity index (χ2v) is 6.93. The van der Waals surface area contributed by atoms with Crippen molar-refractivity contribution in [3.05, 3.63) is 0 Å². The zero-order valence-electron chi connectivity index (χ0n) is 13.2. The standard InChI is InChI=1S/C16H34B/c1-7-8-9-10-11-12-13-17-15(14(2)3)16(4,5)6/h14-15H,7-13H2,1-6H3. The van der Waals surface area contributed by atoms with E-state index in [9.17, 15) is 0 Å². The van der Waals surface area contributed by atoms with Crippen molar-refractivity contribution in [3.8, 4) is 0 Å². The molecule has 0 aliphatic heterocycles. The smallest absolute Gasteiger partial charge is 0.0799 e. The van der Waals surface area contributed by atoms with Gasteiger partial charge in [-0.15, -0.1) is 0 Å². The maximum atomic E-state index is 2.59. The minimum absolute atomic E-state index is 0.427. The first-order valence-corrected chi connectivity index (χ1v) is 7.73. The summed E-state index contributed by atoms with van der Waals surface area (Å²) in [7, 11) is 2.59. The summed E-state index contributed by atoms with van der Waals surface area (Å²) < 4.78 is 0. The molecule has 0 rings (SSSR count). The number of hydrogen-bond acceptors (Lipinski definition) is 0. The molecule has 1 radical (unpaired) electrons. The van der Waals surface area contributed by atoms with Crippen molar-refractivity contribution in [2.45, 2.75) is 92.2 Å². The van der Waals surface area contributed by atoms with Crippen LogP contribution in [0, 0.1) is 11.3 Å². The molecule has 0 saturated heterocycles. The summed E-state index contributed by atoms with van der Waals surface area (Å²) in [6.07, 6.45) is 9.76. The Kier molecular flexibility index (Phi) is 9.09. The molecular weight excluding hydrogens is 203 g/mol. The highest BCUT2D eigenvalue weighted by Crippen LogP contribution is 2.37. The number of hydrogen-bond donors (Lipinski definition) is 0. The van der Waals surface area contributed by atoms with Crippen molar-refractivity contribution < 1.29 is 0 Å². The molecule has 1 heteroatoms. The van der Waals surface area contributed by atoms with Crippen LogP contribution in [0.1, 0.15) is 80.1 Å². The predicted molar refractivity (Wildman–Crippen MR) is 82.0 cm³/mol. The van der Waals surface area contributed by atoms with E-state index < -0.39 is 0 Å². The Morgan fingerprint density at radius 2 is 1.41 bits per heavy atom. The van der Waals surface area contributed by atoms with Gasteiger partial charge in [0.05, 0.1) is 0 Å². The molecule has 0 fully saturated rings. The predicted octanol–water partition coefficient (Wildman–Crippen LogP) is 5.96. The van der Waals surface area contributed by atoms with Crippen LogP contribution in [-0.2, 0) is 0 Å². The van der Waals surface area contributed by atoms with Gasteiger partial charge in [-0.05, 0) is 5.41 Å². The van der Waals surface area contributed by atoms with Gasteiger partial charge in [-0.3, -0.25) is 0 Å². The SMILES string of the molecule is CCCCCCCC[B]C(C(C)C)C(C)(C)C. The first-order chi connectivity index (χ1) is 7.89. The largest absolute Gasteiger partial charge is 0.114 e. The molecule has 0 heterocycles. The summed E-state index contributed by atoms with van der Waals surface area (Å²) in [5.74, 6) is 1.54. The molecule has 0 amide bonds. The molecule has 0 aliphatic rings. The zero-order chi connectivity index (χ0) is 13.3. The van der Waals surface area contributed by atoms with E-state index in [1.165, 1.54) is 44.8 Å². The van der Waals surface area contributed by atoms with Crippen molar-refractivity contribution in [1.82, 2.24) is 0 Å². The van der Waals surface area contributed by atoms with Crippen molar-refractivity contribution in [2.24, 2.45) is 11.3 Å². The van der Waals surface area contributed by atoms with Crippen LogP contribution < -0.4 is 0 Å². The van der Waals surface area contributed by atoms with Gasteiger partial charge < -0.3 is 0 Å². The van der Waals surface area contributed by atoms with E-state index in [4.69, 9.17) is 0 Å². The maximum absolute atomic E-state index is 2.59. The molecule has 0 bridgehead atoms. The first-order valence-electron chi connectivity index (χ1n) is 7.73. The normalized spacial score (nSPS) is 14.1. The molecular formula is C16H34B. The monoisotopic (exact) mass is 237 g/mol. The molecule has 101 valence electrons. The molecule has 0 spiro atoms. The molecule has 0 nitrogen and oxygen atoms in total. The van der Waals surface area contributed by atoms with Crippen LogP contribution in [0.5, 0.6) is 0 Å². The molecule has 0 aromatic heterocycles. The van der Waals surface area contributed by atoms with Gasteiger partial charge in [0.15, 0.2) is 0 Å². The molecule has 1 atom stereocenters. The van der Waals surface area contributed by atoms with Gasteiger partial charge in [-0.2, -0.15) is 0 Å². The fourth-order valence-corrected chi connectivity index (χ4v) is 2.85. The van der Waals surface area contributed by atoms with Gasteiger partial charge in [0, 0.05) is 0 Å². The Labute approximate surface area is 111 Å². The minimum Gasteiger partial charge on any atom is -0.0799 e. The molecule has 0 aliphatic carbocycles. The number of unbranched alkanes of at least 4 members (excludes halogenated alkanes) is 5. The number of rotatable bonds is 9. The van der Waals surface area contributed by atoms with Gasteiger partial charge in [0.1, 0.15) is 7.28 Å². The third kappa shape index (κ3) is 8.74. The summed E-state index contributed by atoms with van der Waals surface area (Å²) in [5, 5.41) is 0. The highest BCUT2D eigenvalue weighted by atomic mass is 14.2. The van der Waals surface area contributed by atoms with Crippen molar-refractivity contribution >= 4 is 7.28 Å². The lowest BCUT2D eigenvalue weighted by molar-refractivity contribution is 0.317. The Morgan fingerprint density at radius 3 is 1.88 bits per heavy atom. The Morgan fingerprint density at radius 1 is 0.882 bits per heavy atom. The Bertz CT molecular complexity index is 167. The minimum atomic E-state index is 0.427. The van der Waals surface area contributed by atoms with Gasteiger partial charge in [0.25, 0.3) is 0 Å². The third-order valence-electron chi connectivity index (χ3n) is 3.70. The lowest BCUT2D eigenvalue weighted by Crippen LogP contribution is -2.25. The zero-order valence-corrected chi connectivity index (χ0v) is 13.2. The van der Waals surface area contributed by atoms with E-state index in [1.807, 2.05) is 0 Å². The highest BCUT2D eigenvalue weighted by Gasteiger charge is 2.26. The van der Waals surface area contributed by atoms with Crippen molar-refractivity contribution in [2.75, 3.05) is 0 Å². The summed E-state index contributed by atoms with van der Waals surface area (Å²) >= 11 is 0. The quantitative estimate of drug-likeness (QED) is 0.343. The van der Waals surface area contributed by atoms with Crippen LogP contribution >= 0.6 is 0 Å². The summed E-state index contributed by atoms with van der Waals surface area (Å²) in [4.78, 5) is 0. The second kappa shape index (κ2) is 9.06. The van der Waals surface area contributed by atoms with Crippen LogP contribution in [0.25, 0.3) is 0 Å². The lowest BCUT2D eigenvalue weighted by Gasteiger charge is -2.34. The first kappa shape index (κ1) is 17.1. The van der Waals surface area contributed by atoms with Gasteiger partial charge >= 0.3 is 0 Å². The summed E-state index contributed by atoms with van der Waals surface area (Å²) in [5.41, 5.74) is 0.427. The van der Waals surface area contributed by atoms with Crippen molar-refractivity contribution in [3.63, 3.8) is 0 Å². The second-order valence-electron chi connectivity index (χ2n) is 6.93. The van der Waals surface area contributed by atoms with E-state index in [1.54, 1.807) is 0 Å². The Hall–Kier alpha value is 0.0649. The van der Waals surface area contributed by atoms with Gasteiger partial charge in [0.2, 0.25) is 0 Å². The highest BCUT2D eigenvalue weighted by molar-refractivity contribution is 6.37. The Balaban J connectivity index is 3.63. The van der Waals surface area contributed by atoms with Crippen molar-refractivity contribution in [1.29, 1.82) is 0 Å². The average molecular weight is 237 g/mol. The van der Waals surface area contributed by atoms with E-state index >= 15 is 0 Å². The maximum Gasteiger partial charge on any atom is 0.114 e. The third-order valence-corrected chi connectivity index (χ3v) is 3.70. The molecule has 1 unspecified atom stereocenters. The average Bonchev–Trinajstić information content (AvgIpc) is 2.19. The fourth-order valence-electron chi connectivity index (χ4n) is 2.85. The molecule has 17 heavy (non-hydrogen) atoms. The molecule has 0 aromatic rings. The van der Waals surface area contributed by atoms with Gasteiger partial charge in [-0.1, -0.05) is 98.1 Å². The van der Waals surface area contributed by atoms with E-state index in [-0.39, 0.29) is 0 Å². The van der Waals surface area contributed by atoms with Crippen LogP contribution in [0.15, 0.2) is 0 Å². The van der Waals surface area contributed by atoms with Crippen LogP contribution in [-0.4, -0.2) is 7.28 Å². The lowest BCUT2D eigenvalue weighted by atomic mass is 9.49. The summed E-state index contributed by atoms with van der Waals surface area (Å²) in [6, 6.07) is 0. The molecule has 0 saturated carbocycles. The van der Waals surface area contributed by atoms with E-state index in [0.29, 0.717) is 5.41 Å². The van der Waals surface area contributed by atoms with Crippen LogP contribution in [0.2, 0.25) is 12.1 Å². The van der Waals surface area contributed by atoms with E-state index in [2.05, 4.69) is 48.8 Å². The topological polar surface area (TPSA) is 0 Å². The van der Waals surface area contributed by atoms with Crippen LogP contribution in [0.4, 0.5) is 0 Å². The fraction of sp³-hybridized carbons (Fsp3) is 1.00. The molecule has 0 N–H and O–H groups in total. The van der Waals surface area contributed by atoms with Gasteiger partial charge in [-0.25, -0.2) is 0 Å². The van der Waals surface area contributed by atoms with Crippen LogP contribution in [0.3, 0.4) is 0 Å².